The molecule has 1 amide bonds. The smallest absolute Gasteiger partial charge is 0.255 e. The summed E-state index contributed by atoms with van der Waals surface area (Å²) in [5.74, 6) is 0.701. The van der Waals surface area contributed by atoms with Crippen molar-refractivity contribution >= 4 is 17.2 Å². The van der Waals surface area contributed by atoms with Gasteiger partial charge in [-0.1, -0.05) is 30.3 Å². The number of nitrogens with one attached hydrogen (secondary N) is 1. The van der Waals surface area contributed by atoms with Gasteiger partial charge < -0.3 is 19.4 Å². The molecule has 0 saturated carbocycles. The fraction of sp³-hybridized carbons (Fsp3) is 0.130. The highest BCUT2D eigenvalue weighted by atomic mass is 16.5. The van der Waals surface area contributed by atoms with Crippen molar-refractivity contribution in [3.8, 4) is 5.75 Å². The van der Waals surface area contributed by atoms with Crippen molar-refractivity contribution in [2.24, 2.45) is 0 Å². The number of carbonyl (C=O) groups is 1. The molecule has 6 heteroatoms. The monoisotopic (exact) mass is 384 g/mol. The molecule has 2 aromatic carbocycles. The second-order valence-corrected chi connectivity index (χ2v) is 7.06. The second kappa shape index (κ2) is 6.98. The van der Waals surface area contributed by atoms with Gasteiger partial charge in [-0.25, -0.2) is 4.98 Å². The van der Waals surface area contributed by atoms with Gasteiger partial charge in [0.15, 0.2) is 0 Å². The molecule has 1 aliphatic rings. The summed E-state index contributed by atoms with van der Waals surface area (Å²) in [5.41, 5.74) is 4.39. The fourth-order valence-electron chi connectivity index (χ4n) is 3.68. The van der Waals surface area contributed by atoms with Crippen molar-refractivity contribution in [3.63, 3.8) is 0 Å². The lowest BCUT2D eigenvalue weighted by Crippen LogP contribution is -2.44. The van der Waals surface area contributed by atoms with E-state index in [2.05, 4.69) is 15.2 Å². The molecule has 1 atom stereocenters. The maximum atomic E-state index is 12.4. The first kappa shape index (κ1) is 17.3. The third-order valence-corrected chi connectivity index (χ3v) is 5.18. The minimum absolute atomic E-state index is 0.0594. The number of imidazole rings is 1. The summed E-state index contributed by atoms with van der Waals surface area (Å²) in [4.78, 5) is 19.1. The molecule has 0 spiro atoms. The van der Waals surface area contributed by atoms with Crippen LogP contribution in [0.3, 0.4) is 0 Å². The third-order valence-electron chi connectivity index (χ3n) is 5.18. The summed E-state index contributed by atoms with van der Waals surface area (Å²) >= 11 is 0. The molecule has 1 aliphatic heterocycles. The van der Waals surface area contributed by atoms with Crippen LogP contribution in [-0.2, 0) is 6.61 Å². The second-order valence-electron chi connectivity index (χ2n) is 7.06. The fourth-order valence-corrected chi connectivity index (χ4v) is 3.68. The number of pyridine rings is 1. The molecule has 0 bridgehead atoms. The third kappa shape index (κ3) is 3.18. The molecule has 1 N–H and O–H groups in total. The largest absolute Gasteiger partial charge is 0.487 e. The van der Waals surface area contributed by atoms with Crippen molar-refractivity contribution in [1.29, 1.82) is 0 Å². The molecule has 6 nitrogen and oxygen atoms in total. The summed E-state index contributed by atoms with van der Waals surface area (Å²) < 4.78 is 7.86. The molecule has 0 fully saturated rings. The Kier molecular flexibility index (Phi) is 4.17. The van der Waals surface area contributed by atoms with E-state index in [1.807, 2.05) is 90.6 Å². The van der Waals surface area contributed by atoms with Crippen molar-refractivity contribution in [1.82, 2.24) is 14.7 Å². The van der Waals surface area contributed by atoms with Crippen molar-refractivity contribution in [2.75, 3.05) is 11.9 Å². The molecule has 0 radical (unpaired) electrons. The first-order valence-electron chi connectivity index (χ1n) is 9.47. The van der Waals surface area contributed by atoms with Crippen LogP contribution in [0.15, 0.2) is 79.1 Å². The molecule has 0 saturated heterocycles. The van der Waals surface area contributed by atoms with E-state index >= 15 is 0 Å². The van der Waals surface area contributed by atoms with Crippen molar-refractivity contribution < 1.29 is 9.53 Å². The number of benzene rings is 2. The number of hydrogen-bond acceptors (Lipinski definition) is 4. The number of fused-ring (bicyclic) bond motifs is 2. The van der Waals surface area contributed by atoms with Crippen LogP contribution in [0.2, 0.25) is 0 Å². The quantitative estimate of drug-likeness (QED) is 0.582. The predicted molar refractivity (Wildman–Crippen MR) is 111 cm³/mol. The minimum atomic E-state index is -0.218. The van der Waals surface area contributed by atoms with Crippen LogP contribution in [0.5, 0.6) is 5.75 Å². The van der Waals surface area contributed by atoms with Gasteiger partial charge in [0.1, 0.15) is 24.2 Å². The Morgan fingerprint density at radius 1 is 1.03 bits per heavy atom. The van der Waals surface area contributed by atoms with Crippen LogP contribution < -0.4 is 15.0 Å². The number of aromatic nitrogens is 2. The molecule has 29 heavy (non-hydrogen) atoms. The summed E-state index contributed by atoms with van der Waals surface area (Å²) in [6.45, 7) is 0.397. The lowest BCUT2D eigenvalue weighted by Gasteiger charge is -2.36. The van der Waals surface area contributed by atoms with Crippen LogP contribution in [0.4, 0.5) is 5.69 Å². The molecule has 5 rings (SSSR count). The summed E-state index contributed by atoms with van der Waals surface area (Å²) in [7, 11) is 1.98. The van der Waals surface area contributed by atoms with E-state index in [0.29, 0.717) is 12.2 Å². The lowest BCUT2D eigenvalue weighted by molar-refractivity contribution is 0.0928. The first-order valence-corrected chi connectivity index (χ1v) is 9.47. The average Bonchev–Trinajstić information content (AvgIpc) is 3.18. The van der Waals surface area contributed by atoms with Crippen LogP contribution >= 0.6 is 0 Å². The van der Waals surface area contributed by atoms with Crippen LogP contribution in [0.1, 0.15) is 27.8 Å². The van der Waals surface area contributed by atoms with E-state index in [4.69, 9.17) is 4.74 Å². The standard InChI is InChI=1S/C23H20N4O2/c1-26-20-7-3-2-6-19(20)23(28)25-22(26)16-9-11-18(12-10-16)29-15-17-14-27-13-5-4-8-21(27)24-17/h2-14,22H,15H2,1H3,(H,25,28)/t22-/m1/s1. The number of para-hydroxylation sites is 1. The van der Waals surface area contributed by atoms with Gasteiger partial charge in [0, 0.05) is 19.4 Å². The SMILES string of the molecule is CN1c2ccccc2C(=O)N[C@H]1c1ccc(OCc2cn3ccccc3n2)cc1. The van der Waals surface area contributed by atoms with Gasteiger partial charge in [0.05, 0.1) is 16.9 Å². The predicted octanol–water partition coefficient (Wildman–Crippen LogP) is 3.79. The molecule has 3 heterocycles. The number of rotatable bonds is 4. The number of nitrogens with zero attached hydrogens (tertiary/aromatic N) is 3. The van der Waals surface area contributed by atoms with Gasteiger partial charge in [0.2, 0.25) is 0 Å². The Labute approximate surface area is 168 Å². The Balaban J connectivity index is 1.31. The highest BCUT2D eigenvalue weighted by Crippen LogP contribution is 2.32. The molecule has 2 aromatic heterocycles. The molecule has 0 unspecified atom stereocenters. The van der Waals surface area contributed by atoms with E-state index < -0.39 is 0 Å². The van der Waals surface area contributed by atoms with Gasteiger partial charge in [-0.05, 0) is 42.0 Å². The number of carbonyl (C=O) groups excluding carboxylic acids is 1. The number of anilines is 1. The van der Waals surface area contributed by atoms with E-state index in [-0.39, 0.29) is 12.1 Å². The molecular weight excluding hydrogens is 364 g/mol. The van der Waals surface area contributed by atoms with Crippen molar-refractivity contribution in [2.45, 2.75) is 12.8 Å². The van der Waals surface area contributed by atoms with Gasteiger partial charge >= 0.3 is 0 Å². The maximum absolute atomic E-state index is 12.4. The summed E-state index contributed by atoms with van der Waals surface area (Å²) in [6.07, 6.45) is 3.71. The van der Waals surface area contributed by atoms with E-state index in [9.17, 15) is 4.79 Å². The van der Waals surface area contributed by atoms with Crippen LogP contribution in [0, 0.1) is 0 Å². The van der Waals surface area contributed by atoms with Gasteiger partial charge in [-0.15, -0.1) is 0 Å². The Bertz CT molecular complexity index is 1150. The molecule has 0 aliphatic carbocycles. The summed E-state index contributed by atoms with van der Waals surface area (Å²) in [5, 5.41) is 3.06. The average molecular weight is 384 g/mol. The molecule has 4 aromatic rings. The Hall–Kier alpha value is -3.80. The zero-order valence-corrected chi connectivity index (χ0v) is 15.9. The zero-order valence-electron chi connectivity index (χ0n) is 15.9. The highest BCUT2D eigenvalue weighted by molar-refractivity contribution is 6.01. The highest BCUT2D eigenvalue weighted by Gasteiger charge is 2.28. The van der Waals surface area contributed by atoms with Gasteiger partial charge in [-0.2, -0.15) is 0 Å². The zero-order chi connectivity index (χ0) is 19.8. The van der Waals surface area contributed by atoms with Crippen molar-refractivity contribution in [3.05, 3.63) is 95.9 Å². The normalized spacial score (nSPS) is 15.8. The topological polar surface area (TPSA) is 58.9 Å². The minimum Gasteiger partial charge on any atom is -0.487 e. The Morgan fingerprint density at radius 3 is 2.66 bits per heavy atom. The van der Waals surface area contributed by atoms with E-state index in [1.54, 1.807) is 0 Å². The van der Waals surface area contributed by atoms with Gasteiger partial charge in [-0.3, -0.25) is 4.79 Å². The number of amides is 1. The summed E-state index contributed by atoms with van der Waals surface area (Å²) in [6, 6.07) is 21.3. The van der Waals surface area contributed by atoms with Crippen LogP contribution in [-0.4, -0.2) is 22.3 Å². The van der Waals surface area contributed by atoms with E-state index in [0.717, 1.165) is 28.3 Å². The first-order chi connectivity index (χ1) is 14.2. The van der Waals surface area contributed by atoms with Gasteiger partial charge in [0.25, 0.3) is 5.91 Å². The lowest BCUT2D eigenvalue weighted by atomic mass is 10.0. The molecule has 144 valence electrons. The number of ether oxygens (including phenoxy) is 1. The number of hydrogen-bond donors (Lipinski definition) is 1. The van der Waals surface area contributed by atoms with Crippen LogP contribution in [0.25, 0.3) is 5.65 Å². The van der Waals surface area contributed by atoms with E-state index in [1.165, 1.54) is 0 Å². The Morgan fingerprint density at radius 2 is 1.83 bits per heavy atom. The molecular formula is C23H20N4O2. The maximum Gasteiger partial charge on any atom is 0.255 e.